The average molecular weight is 464 g/mol. The van der Waals surface area contributed by atoms with Crippen molar-refractivity contribution in [2.24, 2.45) is 0 Å². The minimum atomic E-state index is -1.33. The van der Waals surface area contributed by atoms with Crippen molar-refractivity contribution in [1.82, 2.24) is 14.9 Å². The first-order valence-electron chi connectivity index (χ1n) is 9.93. The maximum atomic E-state index is 14.9. The van der Waals surface area contributed by atoms with Crippen LogP contribution >= 0.6 is 11.3 Å². The lowest BCUT2D eigenvalue weighted by atomic mass is 10.0. The molecule has 0 radical (unpaired) electrons. The van der Waals surface area contributed by atoms with E-state index in [4.69, 9.17) is 0 Å². The van der Waals surface area contributed by atoms with E-state index in [-0.39, 0.29) is 17.8 Å². The Labute approximate surface area is 192 Å². The summed E-state index contributed by atoms with van der Waals surface area (Å²) in [5, 5.41) is 4.51. The zero-order chi connectivity index (χ0) is 23.2. The fraction of sp³-hybridized carbons (Fsp3) is 0.0833. The minimum absolute atomic E-state index is 0.0185. The molecule has 166 valence electrons. The molecule has 4 aromatic rings. The highest BCUT2D eigenvalue weighted by Crippen LogP contribution is 2.29. The van der Waals surface area contributed by atoms with E-state index in [1.807, 2.05) is 17.5 Å². The van der Waals surface area contributed by atoms with Gasteiger partial charge in [-0.05, 0) is 41.8 Å². The van der Waals surface area contributed by atoms with Crippen molar-refractivity contribution >= 4 is 28.8 Å². The van der Waals surface area contributed by atoms with Crippen molar-refractivity contribution in [3.8, 4) is 0 Å². The molecule has 1 atom stereocenters. The van der Waals surface area contributed by atoms with Gasteiger partial charge < -0.3 is 10.2 Å². The van der Waals surface area contributed by atoms with E-state index in [2.05, 4.69) is 15.3 Å². The minimum Gasteiger partial charge on any atom is -0.324 e. The van der Waals surface area contributed by atoms with E-state index in [9.17, 15) is 18.4 Å². The van der Waals surface area contributed by atoms with Gasteiger partial charge in [0, 0.05) is 28.5 Å². The topological polar surface area (TPSA) is 75.2 Å². The third kappa shape index (κ3) is 5.27. The highest BCUT2D eigenvalue weighted by molar-refractivity contribution is 7.09. The lowest BCUT2D eigenvalue weighted by Crippen LogP contribution is -2.41. The molecular weight excluding hydrogens is 446 g/mol. The molecule has 1 unspecified atom stereocenters. The number of amides is 2. The fourth-order valence-corrected chi connectivity index (χ4v) is 4.00. The van der Waals surface area contributed by atoms with Gasteiger partial charge in [0.05, 0.1) is 12.7 Å². The molecule has 2 aromatic heterocycles. The molecule has 0 aliphatic heterocycles. The molecule has 0 aliphatic rings. The van der Waals surface area contributed by atoms with Gasteiger partial charge in [0.15, 0.2) is 0 Å². The molecular formula is C24H18F2N4O2S. The molecule has 6 nitrogen and oxygen atoms in total. The summed E-state index contributed by atoms with van der Waals surface area (Å²) < 4.78 is 28.2. The number of rotatable bonds is 7. The van der Waals surface area contributed by atoms with Crippen LogP contribution in [-0.4, -0.2) is 26.7 Å². The molecule has 0 fully saturated rings. The summed E-state index contributed by atoms with van der Waals surface area (Å²) in [7, 11) is 0. The summed E-state index contributed by atoms with van der Waals surface area (Å²) in [4.78, 5) is 37.0. The molecule has 1 N–H and O–H groups in total. The Morgan fingerprint density at radius 1 is 1.00 bits per heavy atom. The van der Waals surface area contributed by atoms with Crippen molar-refractivity contribution in [3.05, 3.63) is 112 Å². The van der Waals surface area contributed by atoms with Gasteiger partial charge in [-0.3, -0.25) is 14.6 Å². The molecule has 0 saturated heterocycles. The summed E-state index contributed by atoms with van der Waals surface area (Å²) >= 11 is 1.40. The van der Waals surface area contributed by atoms with E-state index in [1.54, 1.807) is 6.07 Å². The number of nitrogens with zero attached hydrogens (tertiary/aromatic N) is 3. The van der Waals surface area contributed by atoms with Crippen LogP contribution in [0.5, 0.6) is 0 Å². The SMILES string of the molecule is O=C(Nc1ccc(F)cc1)C(c1ccccc1F)N(Cc1cccs1)C(=O)c1cnccn1. The standard InChI is InChI=1S/C24H18F2N4O2S/c25-16-7-9-17(10-8-16)29-23(31)22(19-5-1-2-6-20(19)26)30(15-18-4-3-13-33-18)24(32)21-14-27-11-12-28-21/h1-14,22H,15H2,(H,29,31). The van der Waals surface area contributed by atoms with E-state index in [0.717, 1.165) is 4.88 Å². The second kappa shape index (κ2) is 10.1. The Balaban J connectivity index is 1.78. The predicted molar refractivity (Wildman–Crippen MR) is 120 cm³/mol. The largest absolute Gasteiger partial charge is 0.324 e. The molecule has 4 rings (SSSR count). The molecule has 33 heavy (non-hydrogen) atoms. The van der Waals surface area contributed by atoms with Crippen LogP contribution in [0.1, 0.15) is 27.0 Å². The second-order valence-corrected chi connectivity index (χ2v) is 8.06. The van der Waals surface area contributed by atoms with Crippen molar-refractivity contribution in [3.63, 3.8) is 0 Å². The zero-order valence-electron chi connectivity index (χ0n) is 17.2. The van der Waals surface area contributed by atoms with Crippen LogP contribution in [0, 0.1) is 11.6 Å². The third-order valence-corrected chi connectivity index (χ3v) is 5.68. The van der Waals surface area contributed by atoms with Crippen LogP contribution in [0.15, 0.2) is 84.6 Å². The average Bonchev–Trinajstić information content (AvgIpc) is 3.35. The number of thiophene rings is 1. The van der Waals surface area contributed by atoms with Crippen LogP contribution in [-0.2, 0) is 11.3 Å². The number of halogens is 2. The van der Waals surface area contributed by atoms with Gasteiger partial charge in [0.25, 0.3) is 11.8 Å². The Morgan fingerprint density at radius 2 is 1.79 bits per heavy atom. The third-order valence-electron chi connectivity index (χ3n) is 4.82. The van der Waals surface area contributed by atoms with Gasteiger partial charge in [-0.15, -0.1) is 11.3 Å². The number of nitrogens with one attached hydrogen (secondary N) is 1. The molecule has 2 amide bonds. The molecule has 9 heteroatoms. The van der Waals surface area contributed by atoms with Crippen LogP contribution in [0.2, 0.25) is 0 Å². The Kier molecular flexibility index (Phi) is 6.80. The van der Waals surface area contributed by atoms with E-state index >= 15 is 0 Å². The number of hydrogen-bond acceptors (Lipinski definition) is 5. The first kappa shape index (κ1) is 22.2. The number of carbonyl (C=O) groups is 2. The fourth-order valence-electron chi connectivity index (χ4n) is 3.30. The van der Waals surface area contributed by atoms with Gasteiger partial charge in [-0.25, -0.2) is 13.8 Å². The quantitative estimate of drug-likeness (QED) is 0.425. The van der Waals surface area contributed by atoms with E-state index in [1.165, 1.54) is 77.3 Å². The smallest absolute Gasteiger partial charge is 0.275 e. The number of aromatic nitrogens is 2. The number of hydrogen-bond donors (Lipinski definition) is 1. The van der Waals surface area contributed by atoms with E-state index in [0.29, 0.717) is 5.69 Å². The van der Waals surface area contributed by atoms with Gasteiger partial charge in [-0.2, -0.15) is 0 Å². The number of anilines is 1. The summed E-state index contributed by atoms with van der Waals surface area (Å²) in [5.74, 6) is -2.34. The van der Waals surface area contributed by atoms with Gasteiger partial charge in [0.2, 0.25) is 0 Å². The summed E-state index contributed by atoms with van der Waals surface area (Å²) in [6.07, 6.45) is 4.09. The maximum absolute atomic E-state index is 14.9. The maximum Gasteiger partial charge on any atom is 0.275 e. The number of carbonyl (C=O) groups excluding carboxylic acids is 2. The molecule has 2 aromatic carbocycles. The van der Waals surface area contributed by atoms with Crippen molar-refractivity contribution in [1.29, 1.82) is 0 Å². The number of benzene rings is 2. The van der Waals surface area contributed by atoms with Crippen LogP contribution < -0.4 is 5.32 Å². The highest BCUT2D eigenvalue weighted by atomic mass is 32.1. The van der Waals surface area contributed by atoms with Crippen LogP contribution in [0.3, 0.4) is 0 Å². The summed E-state index contributed by atoms with van der Waals surface area (Å²) in [5.41, 5.74) is 0.349. The molecule has 2 heterocycles. The highest BCUT2D eigenvalue weighted by Gasteiger charge is 2.35. The van der Waals surface area contributed by atoms with Gasteiger partial charge >= 0.3 is 0 Å². The van der Waals surface area contributed by atoms with Crippen molar-refractivity contribution in [2.45, 2.75) is 12.6 Å². The lowest BCUT2D eigenvalue weighted by Gasteiger charge is -2.31. The molecule has 0 aliphatic carbocycles. The van der Waals surface area contributed by atoms with Crippen LogP contribution in [0.25, 0.3) is 0 Å². The summed E-state index contributed by atoms with van der Waals surface area (Å²) in [6.45, 7) is 0.0446. The van der Waals surface area contributed by atoms with Crippen molar-refractivity contribution in [2.75, 3.05) is 5.32 Å². The first-order valence-corrected chi connectivity index (χ1v) is 10.8. The van der Waals surface area contributed by atoms with Crippen molar-refractivity contribution < 1.29 is 18.4 Å². The normalized spacial score (nSPS) is 11.6. The summed E-state index contributed by atoms with van der Waals surface area (Å²) in [6, 6.07) is 13.3. The Bertz CT molecular complexity index is 1240. The molecule has 0 saturated carbocycles. The van der Waals surface area contributed by atoms with Crippen LogP contribution in [0.4, 0.5) is 14.5 Å². The molecule has 0 bridgehead atoms. The second-order valence-electron chi connectivity index (χ2n) is 7.02. The monoisotopic (exact) mass is 464 g/mol. The Hall–Kier alpha value is -3.98. The van der Waals surface area contributed by atoms with E-state index < -0.39 is 29.5 Å². The zero-order valence-corrected chi connectivity index (χ0v) is 18.0. The Morgan fingerprint density at radius 3 is 2.45 bits per heavy atom. The molecule has 0 spiro atoms. The first-order chi connectivity index (χ1) is 16.0. The lowest BCUT2D eigenvalue weighted by molar-refractivity contribution is -0.121. The van der Waals surface area contributed by atoms with Gasteiger partial charge in [0.1, 0.15) is 23.4 Å². The predicted octanol–water partition coefficient (Wildman–Crippen LogP) is 4.84. The van der Waals surface area contributed by atoms with Gasteiger partial charge in [-0.1, -0.05) is 24.3 Å².